The lowest BCUT2D eigenvalue weighted by molar-refractivity contribution is 0.245. The van der Waals surface area contributed by atoms with Gasteiger partial charge in [-0.2, -0.15) is 0 Å². The van der Waals surface area contributed by atoms with Crippen LogP contribution in [0.1, 0.15) is 44.9 Å². The summed E-state index contributed by atoms with van der Waals surface area (Å²) in [6.45, 7) is 0.812. The van der Waals surface area contributed by atoms with Gasteiger partial charge in [0.1, 0.15) is 5.75 Å². The molecule has 1 saturated carbocycles. The topological polar surface area (TPSA) is 21.3 Å². The first-order chi connectivity index (χ1) is 9.40. The van der Waals surface area contributed by atoms with E-state index < -0.39 is 0 Å². The van der Waals surface area contributed by atoms with E-state index in [1.54, 1.807) is 0 Å². The van der Waals surface area contributed by atoms with Crippen LogP contribution in [0, 0.1) is 5.92 Å². The fourth-order valence-electron chi connectivity index (χ4n) is 3.15. The summed E-state index contributed by atoms with van der Waals surface area (Å²) in [6.07, 6.45) is 9.54. The normalized spacial score (nSPS) is 18.8. The number of rotatable bonds is 6. The monoisotopic (exact) mass is 261 g/mol. The minimum atomic E-state index is 0.613. The second kappa shape index (κ2) is 8.21. The Hall–Kier alpha value is -1.02. The summed E-state index contributed by atoms with van der Waals surface area (Å²) in [5, 5.41) is 3.51. The van der Waals surface area contributed by atoms with Crippen molar-refractivity contribution in [2.24, 2.45) is 5.92 Å². The Labute approximate surface area is 117 Å². The third kappa shape index (κ3) is 4.87. The van der Waals surface area contributed by atoms with Crippen LogP contribution >= 0.6 is 0 Å². The van der Waals surface area contributed by atoms with Crippen molar-refractivity contribution in [2.75, 3.05) is 13.7 Å². The van der Waals surface area contributed by atoms with Crippen molar-refractivity contribution in [3.63, 3.8) is 0 Å². The van der Waals surface area contributed by atoms with Crippen molar-refractivity contribution in [2.45, 2.75) is 51.0 Å². The van der Waals surface area contributed by atoms with Gasteiger partial charge in [0.05, 0.1) is 6.61 Å². The van der Waals surface area contributed by atoms with Gasteiger partial charge in [0.15, 0.2) is 0 Å². The fraction of sp³-hybridized carbons (Fsp3) is 0.647. The number of benzene rings is 1. The molecular formula is C17H27NO. The molecule has 0 amide bonds. The predicted octanol–water partition coefficient (Wildman–Crippen LogP) is 4.01. The van der Waals surface area contributed by atoms with Gasteiger partial charge in [0.25, 0.3) is 0 Å². The molecular weight excluding hydrogens is 234 g/mol. The van der Waals surface area contributed by atoms with Crippen LogP contribution in [0.15, 0.2) is 30.3 Å². The SMILES string of the molecule is CNC(CCOc1ccccc1)C1CCCCCC1. The van der Waals surface area contributed by atoms with Crippen LogP contribution in [0.5, 0.6) is 5.75 Å². The van der Waals surface area contributed by atoms with Crippen LogP contribution in [0.2, 0.25) is 0 Å². The van der Waals surface area contributed by atoms with Gasteiger partial charge in [-0.05, 0) is 44.4 Å². The zero-order valence-electron chi connectivity index (χ0n) is 12.1. The summed E-state index contributed by atoms with van der Waals surface area (Å²) in [7, 11) is 2.10. The van der Waals surface area contributed by atoms with E-state index in [4.69, 9.17) is 4.74 Å². The van der Waals surface area contributed by atoms with Crippen LogP contribution in [-0.4, -0.2) is 19.7 Å². The van der Waals surface area contributed by atoms with E-state index in [1.807, 2.05) is 30.3 Å². The standard InChI is InChI=1S/C17H27NO/c1-18-17(15-9-5-2-3-6-10-15)13-14-19-16-11-7-4-8-12-16/h4,7-8,11-12,15,17-18H,2-3,5-6,9-10,13-14H2,1H3. The molecule has 106 valence electrons. The molecule has 1 N–H and O–H groups in total. The number of ether oxygens (including phenoxy) is 1. The van der Waals surface area contributed by atoms with Gasteiger partial charge in [-0.1, -0.05) is 43.9 Å². The van der Waals surface area contributed by atoms with Gasteiger partial charge >= 0.3 is 0 Å². The quantitative estimate of drug-likeness (QED) is 0.781. The molecule has 1 aliphatic rings. The zero-order valence-corrected chi connectivity index (χ0v) is 12.1. The van der Waals surface area contributed by atoms with Crippen molar-refractivity contribution in [1.29, 1.82) is 0 Å². The van der Waals surface area contributed by atoms with Crippen LogP contribution < -0.4 is 10.1 Å². The van der Waals surface area contributed by atoms with Gasteiger partial charge in [0, 0.05) is 6.04 Å². The Balaban J connectivity index is 1.75. The highest BCUT2D eigenvalue weighted by molar-refractivity contribution is 5.20. The Bertz CT molecular complexity index is 330. The lowest BCUT2D eigenvalue weighted by Gasteiger charge is -2.25. The van der Waals surface area contributed by atoms with Gasteiger partial charge in [-0.25, -0.2) is 0 Å². The molecule has 2 heteroatoms. The molecule has 0 aliphatic heterocycles. The molecule has 1 atom stereocenters. The number of hydrogen-bond acceptors (Lipinski definition) is 2. The van der Waals surface area contributed by atoms with Crippen molar-refractivity contribution in [3.8, 4) is 5.75 Å². The molecule has 1 unspecified atom stereocenters. The highest BCUT2D eigenvalue weighted by Gasteiger charge is 2.21. The first kappa shape index (κ1) is 14.4. The molecule has 0 saturated heterocycles. The predicted molar refractivity (Wildman–Crippen MR) is 80.6 cm³/mol. The second-order valence-electron chi connectivity index (χ2n) is 5.60. The minimum Gasteiger partial charge on any atom is -0.494 e. The summed E-state index contributed by atoms with van der Waals surface area (Å²) in [5.74, 6) is 1.82. The number of para-hydroxylation sites is 1. The maximum Gasteiger partial charge on any atom is 0.119 e. The van der Waals surface area contributed by atoms with Crippen molar-refractivity contribution < 1.29 is 4.74 Å². The highest BCUT2D eigenvalue weighted by Crippen LogP contribution is 2.26. The molecule has 0 aromatic heterocycles. The average Bonchev–Trinajstić information content (AvgIpc) is 2.74. The molecule has 2 rings (SSSR count). The van der Waals surface area contributed by atoms with E-state index >= 15 is 0 Å². The largest absolute Gasteiger partial charge is 0.494 e. The molecule has 1 aromatic carbocycles. The third-order valence-electron chi connectivity index (χ3n) is 4.28. The van der Waals surface area contributed by atoms with Crippen LogP contribution in [0.4, 0.5) is 0 Å². The Morgan fingerprint density at radius 1 is 1.11 bits per heavy atom. The molecule has 1 aromatic rings. The fourth-order valence-corrected chi connectivity index (χ4v) is 3.15. The van der Waals surface area contributed by atoms with E-state index in [-0.39, 0.29) is 0 Å². The molecule has 0 bridgehead atoms. The van der Waals surface area contributed by atoms with Gasteiger partial charge in [-0.15, -0.1) is 0 Å². The van der Waals surface area contributed by atoms with Crippen LogP contribution in [-0.2, 0) is 0 Å². The second-order valence-corrected chi connectivity index (χ2v) is 5.60. The lowest BCUT2D eigenvalue weighted by Crippen LogP contribution is -2.34. The van der Waals surface area contributed by atoms with Gasteiger partial charge < -0.3 is 10.1 Å². The van der Waals surface area contributed by atoms with E-state index in [9.17, 15) is 0 Å². The van der Waals surface area contributed by atoms with E-state index in [0.29, 0.717) is 6.04 Å². The average molecular weight is 261 g/mol. The molecule has 1 fully saturated rings. The molecule has 0 radical (unpaired) electrons. The number of hydrogen-bond donors (Lipinski definition) is 1. The first-order valence-electron chi connectivity index (χ1n) is 7.75. The number of nitrogens with one attached hydrogen (secondary N) is 1. The third-order valence-corrected chi connectivity index (χ3v) is 4.28. The Kier molecular flexibility index (Phi) is 6.22. The molecule has 19 heavy (non-hydrogen) atoms. The molecule has 0 spiro atoms. The Morgan fingerprint density at radius 3 is 2.42 bits per heavy atom. The van der Waals surface area contributed by atoms with Crippen molar-refractivity contribution >= 4 is 0 Å². The summed E-state index contributed by atoms with van der Waals surface area (Å²) in [6, 6.07) is 10.7. The maximum absolute atomic E-state index is 5.82. The Morgan fingerprint density at radius 2 is 1.79 bits per heavy atom. The van der Waals surface area contributed by atoms with Crippen molar-refractivity contribution in [1.82, 2.24) is 5.32 Å². The molecule has 0 heterocycles. The van der Waals surface area contributed by atoms with Gasteiger partial charge in [0.2, 0.25) is 0 Å². The van der Waals surface area contributed by atoms with Crippen LogP contribution in [0.3, 0.4) is 0 Å². The van der Waals surface area contributed by atoms with E-state index in [2.05, 4.69) is 12.4 Å². The van der Waals surface area contributed by atoms with Crippen LogP contribution in [0.25, 0.3) is 0 Å². The highest BCUT2D eigenvalue weighted by atomic mass is 16.5. The smallest absolute Gasteiger partial charge is 0.119 e. The maximum atomic E-state index is 5.82. The minimum absolute atomic E-state index is 0.613. The first-order valence-corrected chi connectivity index (χ1v) is 7.75. The summed E-state index contributed by atoms with van der Waals surface area (Å²) in [4.78, 5) is 0. The summed E-state index contributed by atoms with van der Waals surface area (Å²) >= 11 is 0. The summed E-state index contributed by atoms with van der Waals surface area (Å²) in [5.41, 5.74) is 0. The summed E-state index contributed by atoms with van der Waals surface area (Å²) < 4.78 is 5.82. The van der Waals surface area contributed by atoms with E-state index in [1.165, 1.54) is 38.5 Å². The van der Waals surface area contributed by atoms with Gasteiger partial charge in [-0.3, -0.25) is 0 Å². The zero-order chi connectivity index (χ0) is 13.3. The molecule has 1 aliphatic carbocycles. The van der Waals surface area contributed by atoms with Crippen molar-refractivity contribution in [3.05, 3.63) is 30.3 Å². The lowest BCUT2D eigenvalue weighted by atomic mass is 9.90. The van der Waals surface area contributed by atoms with E-state index in [0.717, 1.165) is 24.7 Å². The molecule has 2 nitrogen and oxygen atoms in total.